The highest BCUT2D eigenvalue weighted by Gasteiger charge is 2.17. The van der Waals surface area contributed by atoms with Crippen LogP contribution in [0.25, 0.3) is 0 Å². The number of esters is 1. The molecule has 0 radical (unpaired) electrons. The second-order valence-corrected chi connectivity index (χ2v) is 4.94. The third kappa shape index (κ3) is 6.13. The molecule has 120 valence electrons. The van der Waals surface area contributed by atoms with Gasteiger partial charge in [-0.05, 0) is 45.0 Å². The molecule has 7 heteroatoms. The number of hydrogen-bond acceptors (Lipinski definition) is 5. The maximum atomic E-state index is 11.6. The second-order valence-electron chi connectivity index (χ2n) is 4.50. The van der Waals surface area contributed by atoms with Crippen molar-refractivity contribution >= 4 is 29.2 Å². The van der Waals surface area contributed by atoms with Crippen LogP contribution in [-0.4, -0.2) is 30.8 Å². The molecule has 0 aliphatic carbocycles. The van der Waals surface area contributed by atoms with Crippen molar-refractivity contribution in [2.75, 3.05) is 13.2 Å². The van der Waals surface area contributed by atoms with Gasteiger partial charge in [-0.1, -0.05) is 11.6 Å². The second kappa shape index (κ2) is 9.04. The molecule has 0 bridgehead atoms. The Morgan fingerprint density at radius 2 is 1.95 bits per heavy atom. The summed E-state index contributed by atoms with van der Waals surface area (Å²) >= 11 is 5.75. The molecule has 1 aromatic carbocycles. The molecule has 0 aromatic heterocycles. The van der Waals surface area contributed by atoms with Crippen molar-refractivity contribution in [2.24, 2.45) is 11.0 Å². The van der Waals surface area contributed by atoms with Crippen LogP contribution in [0.4, 0.5) is 0 Å². The van der Waals surface area contributed by atoms with Gasteiger partial charge in [-0.15, -0.1) is 0 Å². The number of ether oxygens (including phenoxy) is 2. The number of amides is 1. The Bertz CT molecular complexity index is 543. The number of nitrogens with one attached hydrogen (secondary N) is 1. The van der Waals surface area contributed by atoms with Crippen LogP contribution in [0, 0.1) is 5.92 Å². The maximum Gasteiger partial charge on any atom is 0.314 e. The minimum Gasteiger partial charge on any atom is -0.484 e. The van der Waals surface area contributed by atoms with Gasteiger partial charge in [-0.2, -0.15) is 5.10 Å². The van der Waals surface area contributed by atoms with Gasteiger partial charge >= 0.3 is 5.97 Å². The summed E-state index contributed by atoms with van der Waals surface area (Å²) in [6, 6.07) is 6.65. The summed E-state index contributed by atoms with van der Waals surface area (Å²) in [4.78, 5) is 23.1. The lowest BCUT2D eigenvalue weighted by molar-refractivity contribution is -0.145. The molecule has 1 aromatic rings. The minimum atomic E-state index is -0.516. The van der Waals surface area contributed by atoms with E-state index >= 15 is 0 Å². The predicted octanol–water partition coefficient (Wildman–Crippen LogP) is 2.41. The van der Waals surface area contributed by atoms with Crippen molar-refractivity contribution in [3.05, 3.63) is 29.3 Å². The lowest BCUT2D eigenvalue weighted by Gasteiger charge is -2.10. The molecule has 1 atom stereocenters. The average Bonchev–Trinajstić information content (AvgIpc) is 2.51. The van der Waals surface area contributed by atoms with Crippen LogP contribution in [0.2, 0.25) is 5.02 Å². The third-order valence-electron chi connectivity index (χ3n) is 2.81. The summed E-state index contributed by atoms with van der Waals surface area (Å²) in [6.07, 6.45) is 0. The number of halogens is 1. The van der Waals surface area contributed by atoms with E-state index in [2.05, 4.69) is 10.5 Å². The van der Waals surface area contributed by atoms with Crippen LogP contribution in [0.15, 0.2) is 29.4 Å². The summed E-state index contributed by atoms with van der Waals surface area (Å²) in [6.45, 7) is 5.14. The van der Waals surface area contributed by atoms with Gasteiger partial charge in [0.15, 0.2) is 6.61 Å². The monoisotopic (exact) mass is 326 g/mol. The standard InChI is InChI=1S/C15H19ClN2O4/c1-4-21-15(20)10(2)11(3)17-18-14(19)9-22-13-7-5-12(16)6-8-13/h5-8,10H,4,9H2,1-3H3,(H,18,19)/b17-11-/t10-/m1/s1. The SMILES string of the molecule is CCOC(=O)[C@H](C)/C(C)=N\NC(=O)COc1ccc(Cl)cc1. The molecule has 0 spiro atoms. The largest absolute Gasteiger partial charge is 0.484 e. The highest BCUT2D eigenvalue weighted by atomic mass is 35.5. The van der Waals surface area contributed by atoms with Gasteiger partial charge in [0.2, 0.25) is 0 Å². The molecule has 0 saturated heterocycles. The molecular formula is C15H19ClN2O4. The highest BCUT2D eigenvalue weighted by Crippen LogP contribution is 2.15. The number of hydrogen-bond donors (Lipinski definition) is 1. The van der Waals surface area contributed by atoms with Gasteiger partial charge in [0.05, 0.1) is 12.5 Å². The Morgan fingerprint density at radius 1 is 1.32 bits per heavy atom. The van der Waals surface area contributed by atoms with Crippen LogP contribution in [0.5, 0.6) is 5.75 Å². The van der Waals surface area contributed by atoms with E-state index in [0.717, 1.165) is 0 Å². The van der Waals surface area contributed by atoms with Crippen molar-refractivity contribution in [3.8, 4) is 5.75 Å². The summed E-state index contributed by atoms with van der Waals surface area (Å²) in [7, 11) is 0. The molecule has 0 saturated carbocycles. The number of hydrazone groups is 1. The number of benzene rings is 1. The fourth-order valence-electron chi connectivity index (χ4n) is 1.40. The van der Waals surface area contributed by atoms with Crippen molar-refractivity contribution in [1.29, 1.82) is 0 Å². The lowest BCUT2D eigenvalue weighted by Crippen LogP contribution is -2.28. The molecule has 0 heterocycles. The van der Waals surface area contributed by atoms with E-state index in [4.69, 9.17) is 21.1 Å². The molecule has 1 N–H and O–H groups in total. The van der Waals surface area contributed by atoms with Gasteiger partial charge in [0.25, 0.3) is 5.91 Å². The summed E-state index contributed by atoms with van der Waals surface area (Å²) in [5.74, 6) is -0.793. The Labute approximate surface area is 134 Å². The molecular weight excluding hydrogens is 308 g/mol. The summed E-state index contributed by atoms with van der Waals surface area (Å²) in [5, 5.41) is 4.46. The molecule has 0 aliphatic heterocycles. The van der Waals surface area contributed by atoms with Gasteiger partial charge < -0.3 is 9.47 Å². The number of carbonyl (C=O) groups is 2. The summed E-state index contributed by atoms with van der Waals surface area (Å²) < 4.78 is 10.1. The van der Waals surface area contributed by atoms with Crippen LogP contribution in [0.1, 0.15) is 20.8 Å². The average molecular weight is 327 g/mol. The maximum absolute atomic E-state index is 11.6. The Hall–Kier alpha value is -2.08. The Balaban J connectivity index is 2.42. The van der Waals surface area contributed by atoms with Gasteiger partial charge in [-0.3, -0.25) is 9.59 Å². The lowest BCUT2D eigenvalue weighted by atomic mass is 10.1. The quantitative estimate of drug-likeness (QED) is 0.474. The van der Waals surface area contributed by atoms with E-state index in [9.17, 15) is 9.59 Å². The predicted molar refractivity (Wildman–Crippen MR) is 84.0 cm³/mol. The van der Waals surface area contributed by atoms with Gasteiger partial charge in [0, 0.05) is 10.7 Å². The van der Waals surface area contributed by atoms with Crippen LogP contribution >= 0.6 is 11.6 Å². The fraction of sp³-hybridized carbons (Fsp3) is 0.400. The Kier molecular flexibility index (Phi) is 7.39. The number of rotatable bonds is 7. The van der Waals surface area contributed by atoms with Crippen molar-refractivity contribution in [2.45, 2.75) is 20.8 Å². The van der Waals surface area contributed by atoms with E-state index in [0.29, 0.717) is 23.1 Å². The third-order valence-corrected chi connectivity index (χ3v) is 3.06. The van der Waals surface area contributed by atoms with Crippen LogP contribution in [-0.2, 0) is 14.3 Å². The molecule has 0 fully saturated rings. The zero-order valence-electron chi connectivity index (χ0n) is 12.8. The van der Waals surface area contributed by atoms with Crippen molar-refractivity contribution in [1.82, 2.24) is 5.43 Å². The normalized spacial score (nSPS) is 12.5. The molecule has 22 heavy (non-hydrogen) atoms. The number of carbonyl (C=O) groups excluding carboxylic acids is 2. The first-order valence-electron chi connectivity index (χ1n) is 6.82. The van der Waals surface area contributed by atoms with Crippen LogP contribution in [0.3, 0.4) is 0 Å². The first-order valence-corrected chi connectivity index (χ1v) is 7.19. The zero-order chi connectivity index (χ0) is 16.5. The van der Waals surface area contributed by atoms with Crippen molar-refractivity contribution < 1.29 is 19.1 Å². The zero-order valence-corrected chi connectivity index (χ0v) is 13.5. The minimum absolute atomic E-state index is 0.188. The first-order chi connectivity index (χ1) is 10.4. The topological polar surface area (TPSA) is 77.0 Å². The Morgan fingerprint density at radius 3 is 2.55 bits per heavy atom. The van der Waals surface area contributed by atoms with Crippen LogP contribution < -0.4 is 10.2 Å². The van der Waals surface area contributed by atoms with Crippen molar-refractivity contribution in [3.63, 3.8) is 0 Å². The van der Waals surface area contributed by atoms with Gasteiger partial charge in [0.1, 0.15) is 5.75 Å². The smallest absolute Gasteiger partial charge is 0.314 e. The summed E-state index contributed by atoms with van der Waals surface area (Å²) in [5.41, 5.74) is 2.79. The fourth-order valence-corrected chi connectivity index (χ4v) is 1.52. The van der Waals surface area contributed by atoms with E-state index in [-0.39, 0.29) is 12.6 Å². The molecule has 6 nitrogen and oxygen atoms in total. The van der Waals surface area contributed by atoms with E-state index in [1.807, 2.05) is 0 Å². The van der Waals surface area contributed by atoms with E-state index in [1.165, 1.54) is 0 Å². The molecule has 0 unspecified atom stereocenters. The first kappa shape index (κ1) is 18.0. The highest BCUT2D eigenvalue weighted by molar-refractivity contribution is 6.30. The van der Waals surface area contributed by atoms with Gasteiger partial charge in [-0.25, -0.2) is 5.43 Å². The molecule has 1 rings (SSSR count). The number of nitrogens with zero attached hydrogens (tertiary/aromatic N) is 1. The van der Waals surface area contributed by atoms with E-state index < -0.39 is 11.8 Å². The molecule has 0 aliphatic rings. The van der Waals surface area contributed by atoms with E-state index in [1.54, 1.807) is 45.0 Å². The molecule has 1 amide bonds.